The lowest BCUT2D eigenvalue weighted by Gasteiger charge is -2.21. The van der Waals surface area contributed by atoms with Crippen molar-refractivity contribution in [1.29, 1.82) is 0 Å². The molecule has 1 fully saturated rings. The van der Waals surface area contributed by atoms with Gasteiger partial charge in [0.25, 0.3) is 0 Å². The number of nitrogens with one attached hydrogen (secondary N) is 1. The van der Waals surface area contributed by atoms with Crippen LogP contribution in [0.4, 0.5) is 0 Å². The lowest BCUT2D eigenvalue weighted by Crippen LogP contribution is -2.16. The van der Waals surface area contributed by atoms with Gasteiger partial charge in [-0.25, -0.2) is 4.98 Å². The lowest BCUT2D eigenvalue weighted by molar-refractivity contribution is 0.0836. The lowest BCUT2D eigenvalue weighted by atomic mass is 9.99. The highest BCUT2D eigenvalue weighted by molar-refractivity contribution is 7.71. The van der Waals surface area contributed by atoms with E-state index in [9.17, 15) is 0 Å². The third kappa shape index (κ3) is 2.74. The van der Waals surface area contributed by atoms with E-state index in [1.807, 2.05) is 25.5 Å². The first-order valence-electron chi connectivity index (χ1n) is 6.40. The van der Waals surface area contributed by atoms with Gasteiger partial charge in [-0.2, -0.15) is 5.10 Å². The molecular formula is C13H16N4OS. The summed E-state index contributed by atoms with van der Waals surface area (Å²) in [5, 5.41) is 4.19. The summed E-state index contributed by atoms with van der Waals surface area (Å²) in [5.74, 6) is 1.38. The maximum Gasteiger partial charge on any atom is 0.130 e. The molecule has 100 valence electrons. The summed E-state index contributed by atoms with van der Waals surface area (Å²) >= 11 is 5.27. The van der Waals surface area contributed by atoms with Crippen molar-refractivity contribution in [3.8, 4) is 11.3 Å². The van der Waals surface area contributed by atoms with Crippen LogP contribution in [0.3, 0.4) is 0 Å². The Labute approximate surface area is 116 Å². The highest BCUT2D eigenvalue weighted by atomic mass is 32.1. The summed E-state index contributed by atoms with van der Waals surface area (Å²) in [6, 6.07) is 1.88. The molecule has 2 aromatic heterocycles. The van der Waals surface area contributed by atoms with Gasteiger partial charge in [0.15, 0.2) is 0 Å². The van der Waals surface area contributed by atoms with Crippen molar-refractivity contribution in [2.75, 3.05) is 13.2 Å². The van der Waals surface area contributed by atoms with Crippen molar-refractivity contribution in [3.63, 3.8) is 0 Å². The molecule has 0 bridgehead atoms. The second-order valence-corrected chi connectivity index (χ2v) is 5.23. The van der Waals surface area contributed by atoms with Gasteiger partial charge in [-0.1, -0.05) is 12.2 Å². The number of H-pyrrole nitrogens is 1. The van der Waals surface area contributed by atoms with Crippen LogP contribution in [-0.2, 0) is 11.8 Å². The highest BCUT2D eigenvalue weighted by Crippen LogP contribution is 2.26. The van der Waals surface area contributed by atoms with Gasteiger partial charge in [0.1, 0.15) is 10.5 Å². The molecule has 2 aromatic rings. The van der Waals surface area contributed by atoms with Crippen LogP contribution < -0.4 is 0 Å². The van der Waals surface area contributed by atoms with E-state index in [0.29, 0.717) is 10.6 Å². The average molecular weight is 276 g/mol. The first-order valence-corrected chi connectivity index (χ1v) is 6.81. The summed E-state index contributed by atoms with van der Waals surface area (Å²) in [6.45, 7) is 1.59. The van der Waals surface area contributed by atoms with Crippen LogP contribution in [0.15, 0.2) is 18.5 Å². The normalized spacial score (nSPS) is 16.7. The zero-order chi connectivity index (χ0) is 13.2. The minimum absolute atomic E-state index is 0.409. The van der Waals surface area contributed by atoms with Crippen molar-refractivity contribution in [2.45, 2.75) is 18.8 Å². The number of aromatic nitrogens is 4. The van der Waals surface area contributed by atoms with Crippen LogP contribution in [0.2, 0.25) is 0 Å². The van der Waals surface area contributed by atoms with E-state index in [0.717, 1.165) is 43.1 Å². The van der Waals surface area contributed by atoms with Gasteiger partial charge in [-0.15, -0.1) is 0 Å². The number of aromatic amines is 1. The Kier molecular flexibility index (Phi) is 3.44. The predicted molar refractivity (Wildman–Crippen MR) is 74.4 cm³/mol. The van der Waals surface area contributed by atoms with Crippen LogP contribution in [0.1, 0.15) is 24.6 Å². The fourth-order valence-electron chi connectivity index (χ4n) is 2.36. The van der Waals surface area contributed by atoms with Crippen LogP contribution in [0.5, 0.6) is 0 Å². The fraction of sp³-hybridized carbons (Fsp3) is 0.462. The summed E-state index contributed by atoms with van der Waals surface area (Å²) in [5.41, 5.74) is 2.01. The number of hydrogen-bond donors (Lipinski definition) is 1. The second-order valence-electron chi connectivity index (χ2n) is 4.81. The van der Waals surface area contributed by atoms with Gasteiger partial charge in [0.2, 0.25) is 0 Å². The fourth-order valence-corrected chi connectivity index (χ4v) is 2.57. The first kappa shape index (κ1) is 12.5. The predicted octanol–water partition coefficient (Wildman–Crippen LogP) is 2.43. The minimum Gasteiger partial charge on any atom is -0.381 e. The Balaban J connectivity index is 1.98. The zero-order valence-electron chi connectivity index (χ0n) is 10.8. The van der Waals surface area contributed by atoms with Crippen LogP contribution in [0.25, 0.3) is 11.3 Å². The molecule has 0 aliphatic carbocycles. The van der Waals surface area contributed by atoms with Crippen molar-refractivity contribution in [1.82, 2.24) is 19.7 Å². The molecule has 0 aromatic carbocycles. The van der Waals surface area contributed by atoms with E-state index >= 15 is 0 Å². The molecule has 0 amide bonds. The van der Waals surface area contributed by atoms with Crippen LogP contribution in [-0.4, -0.2) is 33.0 Å². The topological polar surface area (TPSA) is 55.7 Å². The summed E-state index contributed by atoms with van der Waals surface area (Å²) < 4.78 is 7.79. The maximum atomic E-state index is 5.39. The molecule has 1 saturated heterocycles. The maximum absolute atomic E-state index is 5.39. The van der Waals surface area contributed by atoms with E-state index < -0.39 is 0 Å². The van der Waals surface area contributed by atoms with E-state index in [-0.39, 0.29) is 0 Å². The Bertz CT molecular complexity index is 628. The van der Waals surface area contributed by atoms with E-state index in [1.54, 1.807) is 4.68 Å². The molecule has 0 unspecified atom stereocenters. The molecule has 19 heavy (non-hydrogen) atoms. The molecule has 3 heterocycles. The number of hydrogen-bond acceptors (Lipinski definition) is 4. The van der Waals surface area contributed by atoms with Crippen molar-refractivity contribution < 1.29 is 4.74 Å². The Morgan fingerprint density at radius 2 is 2.21 bits per heavy atom. The number of rotatable bonds is 2. The Hall–Kier alpha value is -1.53. The third-order valence-electron chi connectivity index (χ3n) is 3.39. The molecule has 0 radical (unpaired) electrons. The monoisotopic (exact) mass is 276 g/mol. The molecule has 0 saturated carbocycles. The van der Waals surface area contributed by atoms with Gasteiger partial charge in [0, 0.05) is 37.9 Å². The molecule has 1 aliphatic heterocycles. The number of aryl methyl sites for hydroxylation is 1. The molecule has 5 nitrogen and oxygen atoms in total. The zero-order valence-corrected chi connectivity index (χ0v) is 11.6. The quantitative estimate of drug-likeness (QED) is 0.856. The smallest absolute Gasteiger partial charge is 0.130 e. The molecular weight excluding hydrogens is 260 g/mol. The van der Waals surface area contributed by atoms with E-state index in [2.05, 4.69) is 15.1 Å². The molecule has 6 heteroatoms. The average Bonchev–Trinajstić information content (AvgIpc) is 2.86. The van der Waals surface area contributed by atoms with Gasteiger partial charge < -0.3 is 9.72 Å². The van der Waals surface area contributed by atoms with Crippen molar-refractivity contribution >= 4 is 12.2 Å². The van der Waals surface area contributed by atoms with Crippen molar-refractivity contribution in [2.24, 2.45) is 7.05 Å². The Morgan fingerprint density at radius 1 is 1.42 bits per heavy atom. The van der Waals surface area contributed by atoms with Gasteiger partial charge in [0.05, 0.1) is 11.9 Å². The molecule has 1 aliphatic rings. The summed E-state index contributed by atoms with van der Waals surface area (Å²) in [4.78, 5) is 7.86. The second kappa shape index (κ2) is 5.22. The van der Waals surface area contributed by atoms with Crippen LogP contribution in [0, 0.1) is 4.64 Å². The SMILES string of the molecule is Cn1cc(-c2cc(=S)nc(C3CCOCC3)[nH]2)cn1. The molecule has 1 N–H and O–H groups in total. The van der Waals surface area contributed by atoms with Gasteiger partial charge in [-0.05, 0) is 18.9 Å². The molecule has 0 spiro atoms. The van der Waals surface area contributed by atoms with E-state index in [1.165, 1.54) is 0 Å². The Morgan fingerprint density at radius 3 is 2.89 bits per heavy atom. The highest BCUT2D eigenvalue weighted by Gasteiger charge is 2.18. The van der Waals surface area contributed by atoms with Crippen molar-refractivity contribution in [3.05, 3.63) is 28.9 Å². The first-order chi connectivity index (χ1) is 9.22. The summed E-state index contributed by atoms with van der Waals surface area (Å²) in [6.07, 6.45) is 5.78. The third-order valence-corrected chi connectivity index (χ3v) is 3.59. The standard InChI is InChI=1S/C13H16N4OS/c1-17-8-10(7-14-17)11-6-12(19)16-13(15-11)9-2-4-18-5-3-9/h6-9H,2-5H2,1H3,(H,15,16,19). The summed E-state index contributed by atoms with van der Waals surface area (Å²) in [7, 11) is 1.90. The minimum atomic E-state index is 0.409. The molecule has 3 rings (SSSR count). The number of ether oxygens (including phenoxy) is 1. The van der Waals surface area contributed by atoms with Gasteiger partial charge >= 0.3 is 0 Å². The van der Waals surface area contributed by atoms with Gasteiger partial charge in [-0.3, -0.25) is 4.68 Å². The van der Waals surface area contributed by atoms with E-state index in [4.69, 9.17) is 17.0 Å². The largest absolute Gasteiger partial charge is 0.381 e. The number of nitrogens with zero attached hydrogens (tertiary/aromatic N) is 3. The molecule has 0 atom stereocenters. The van der Waals surface area contributed by atoms with Crippen LogP contribution >= 0.6 is 12.2 Å².